The summed E-state index contributed by atoms with van der Waals surface area (Å²) in [6, 6.07) is 0. The van der Waals surface area contributed by atoms with Crippen molar-refractivity contribution in [3.05, 3.63) is 15.9 Å². The lowest BCUT2D eigenvalue weighted by Gasteiger charge is -1.98. The van der Waals surface area contributed by atoms with E-state index in [9.17, 15) is 9.59 Å². The van der Waals surface area contributed by atoms with Gasteiger partial charge in [0.2, 0.25) is 0 Å². The number of amides is 1. The molecule has 0 aliphatic heterocycles. The van der Waals surface area contributed by atoms with Crippen molar-refractivity contribution in [2.24, 2.45) is 5.73 Å². The van der Waals surface area contributed by atoms with Crippen molar-refractivity contribution < 1.29 is 4.79 Å². The van der Waals surface area contributed by atoms with Gasteiger partial charge in [-0.15, -0.1) is 11.8 Å². The highest BCUT2D eigenvalue weighted by atomic mass is 32.2. The molecule has 4 N–H and O–H groups in total. The number of thioether (sulfide) groups is 2. The Morgan fingerprint density at radius 1 is 1.44 bits per heavy atom. The number of H-pyrrole nitrogens is 2. The van der Waals surface area contributed by atoms with E-state index in [1.807, 2.05) is 6.92 Å². The van der Waals surface area contributed by atoms with Gasteiger partial charge in [-0.05, 0) is 12.0 Å². The van der Waals surface area contributed by atoms with Crippen LogP contribution < -0.4 is 11.3 Å². The van der Waals surface area contributed by atoms with Gasteiger partial charge in [0, 0.05) is 0 Å². The normalized spacial score (nSPS) is 11.0. The zero-order valence-corrected chi connectivity index (χ0v) is 11.5. The van der Waals surface area contributed by atoms with E-state index in [2.05, 4.69) is 15.0 Å². The zero-order chi connectivity index (χ0) is 13.3. The molecular weight excluding hydrogens is 272 g/mol. The van der Waals surface area contributed by atoms with Crippen molar-refractivity contribution in [2.75, 3.05) is 12.0 Å². The van der Waals surface area contributed by atoms with E-state index >= 15 is 0 Å². The first-order chi connectivity index (χ1) is 8.58. The fourth-order valence-electron chi connectivity index (χ4n) is 1.65. The van der Waals surface area contributed by atoms with Crippen LogP contribution in [0.2, 0.25) is 0 Å². The minimum atomic E-state index is -0.631. The molecule has 0 unspecified atom stereocenters. The summed E-state index contributed by atoms with van der Waals surface area (Å²) in [6.45, 7) is 1.96. The van der Waals surface area contributed by atoms with Gasteiger partial charge in [0.05, 0.1) is 16.0 Å². The third-order valence-electron chi connectivity index (χ3n) is 2.34. The smallest absolute Gasteiger partial charge is 0.261 e. The molecule has 0 aliphatic carbocycles. The van der Waals surface area contributed by atoms with Crippen molar-refractivity contribution in [1.29, 1.82) is 0 Å². The fourth-order valence-corrected chi connectivity index (χ4v) is 2.85. The third-order valence-corrected chi connectivity index (χ3v) is 3.81. The quantitative estimate of drug-likeness (QED) is 0.577. The van der Waals surface area contributed by atoms with Crippen LogP contribution in [0.3, 0.4) is 0 Å². The van der Waals surface area contributed by atoms with Gasteiger partial charge in [0.15, 0.2) is 5.16 Å². The Morgan fingerprint density at radius 3 is 2.72 bits per heavy atom. The number of carbonyl (C=O) groups excluding carboxylic acids is 1. The van der Waals surface area contributed by atoms with Gasteiger partial charge >= 0.3 is 0 Å². The van der Waals surface area contributed by atoms with E-state index in [4.69, 9.17) is 5.73 Å². The minimum Gasteiger partial charge on any atom is -0.365 e. The van der Waals surface area contributed by atoms with Crippen LogP contribution in [0.1, 0.15) is 17.3 Å². The summed E-state index contributed by atoms with van der Waals surface area (Å²) in [5, 5.41) is 1.32. The average Bonchev–Trinajstić information content (AvgIpc) is 2.68. The van der Waals surface area contributed by atoms with Crippen LogP contribution in [-0.2, 0) is 0 Å². The van der Waals surface area contributed by atoms with Gasteiger partial charge < -0.3 is 15.7 Å². The Bertz CT molecular complexity index is 662. The maximum Gasteiger partial charge on any atom is 0.261 e. The lowest BCUT2D eigenvalue weighted by molar-refractivity contribution is 0.0999. The molecule has 0 saturated carbocycles. The molecule has 6 nitrogen and oxygen atoms in total. The highest BCUT2D eigenvalue weighted by Gasteiger charge is 2.20. The maximum atomic E-state index is 12.0. The Labute approximate surface area is 111 Å². The van der Waals surface area contributed by atoms with Crippen LogP contribution in [0.4, 0.5) is 0 Å². The summed E-state index contributed by atoms with van der Waals surface area (Å²) >= 11 is 2.75. The van der Waals surface area contributed by atoms with Crippen molar-refractivity contribution in [3.63, 3.8) is 0 Å². The van der Waals surface area contributed by atoms with E-state index in [1.54, 1.807) is 6.26 Å². The number of fused-ring (bicyclic) bond motifs is 1. The van der Waals surface area contributed by atoms with Crippen LogP contribution in [0.25, 0.3) is 11.0 Å². The van der Waals surface area contributed by atoms with Gasteiger partial charge in [-0.1, -0.05) is 18.7 Å². The molecule has 8 heteroatoms. The molecule has 2 aromatic heterocycles. The molecule has 1 amide bonds. The maximum absolute atomic E-state index is 12.0. The van der Waals surface area contributed by atoms with Crippen molar-refractivity contribution >= 4 is 40.5 Å². The van der Waals surface area contributed by atoms with E-state index in [0.717, 1.165) is 5.75 Å². The molecule has 18 heavy (non-hydrogen) atoms. The van der Waals surface area contributed by atoms with Crippen LogP contribution in [-0.4, -0.2) is 32.9 Å². The Hall–Kier alpha value is -1.41. The van der Waals surface area contributed by atoms with Gasteiger partial charge in [-0.25, -0.2) is 4.98 Å². The second-order valence-electron chi connectivity index (χ2n) is 3.43. The molecule has 96 valence electrons. The number of primary amides is 1. The second-order valence-corrected chi connectivity index (χ2v) is 5.49. The number of aromatic nitrogens is 3. The van der Waals surface area contributed by atoms with Gasteiger partial charge in [0.1, 0.15) is 5.65 Å². The molecule has 2 heterocycles. The molecule has 0 atom stereocenters. The Morgan fingerprint density at radius 2 is 2.17 bits per heavy atom. The van der Waals surface area contributed by atoms with E-state index in [0.29, 0.717) is 15.8 Å². The Balaban J connectivity index is 2.77. The van der Waals surface area contributed by atoms with Crippen molar-refractivity contribution in [1.82, 2.24) is 15.0 Å². The number of nitrogens with two attached hydrogens (primary N) is 1. The highest BCUT2D eigenvalue weighted by molar-refractivity contribution is 7.99. The molecular formula is C10H12N4O2S2. The number of nitrogens with zero attached hydrogens (tertiary/aromatic N) is 1. The van der Waals surface area contributed by atoms with Crippen LogP contribution in [0.5, 0.6) is 0 Å². The number of hydrogen-bond donors (Lipinski definition) is 3. The van der Waals surface area contributed by atoms with Gasteiger partial charge in [-0.3, -0.25) is 9.59 Å². The molecule has 0 saturated heterocycles. The molecule has 0 aromatic carbocycles. The molecule has 2 rings (SSSR count). The van der Waals surface area contributed by atoms with Crippen molar-refractivity contribution in [2.45, 2.75) is 17.1 Å². The van der Waals surface area contributed by atoms with Crippen LogP contribution >= 0.6 is 23.5 Å². The van der Waals surface area contributed by atoms with Gasteiger partial charge in [-0.2, -0.15) is 0 Å². The predicted molar refractivity (Wildman–Crippen MR) is 73.4 cm³/mol. The average molecular weight is 284 g/mol. The second kappa shape index (κ2) is 5.07. The van der Waals surface area contributed by atoms with E-state index in [-0.39, 0.29) is 16.5 Å². The summed E-state index contributed by atoms with van der Waals surface area (Å²) in [5.41, 5.74) is 5.57. The van der Waals surface area contributed by atoms with E-state index in [1.165, 1.54) is 23.5 Å². The number of nitrogens with one attached hydrogen (secondary N) is 2. The number of hydrogen-bond acceptors (Lipinski definition) is 5. The first-order valence-corrected chi connectivity index (χ1v) is 7.42. The SMILES string of the molecule is CCSc1nc2[nH]c(SC)c(C(N)=O)c2c(=O)[nH]1. The van der Waals surface area contributed by atoms with Crippen molar-refractivity contribution in [3.8, 4) is 0 Å². The molecule has 0 fully saturated rings. The number of rotatable bonds is 4. The lowest BCUT2D eigenvalue weighted by atomic mass is 10.2. The summed E-state index contributed by atoms with van der Waals surface area (Å²) in [4.78, 5) is 33.3. The summed E-state index contributed by atoms with van der Waals surface area (Å²) in [5.74, 6) is 0.168. The highest BCUT2D eigenvalue weighted by Crippen LogP contribution is 2.25. The summed E-state index contributed by atoms with van der Waals surface area (Å²) in [6.07, 6.45) is 1.80. The molecule has 0 spiro atoms. The minimum absolute atomic E-state index is 0.208. The molecule has 0 aliphatic rings. The first kappa shape index (κ1) is 13.0. The van der Waals surface area contributed by atoms with Crippen LogP contribution in [0, 0.1) is 0 Å². The largest absolute Gasteiger partial charge is 0.365 e. The molecule has 2 aromatic rings. The van der Waals surface area contributed by atoms with Crippen LogP contribution in [0.15, 0.2) is 15.0 Å². The fraction of sp³-hybridized carbons (Fsp3) is 0.300. The van der Waals surface area contributed by atoms with E-state index < -0.39 is 5.91 Å². The summed E-state index contributed by atoms with van der Waals surface area (Å²) < 4.78 is 0. The molecule has 0 bridgehead atoms. The third kappa shape index (κ3) is 2.13. The van der Waals surface area contributed by atoms with Gasteiger partial charge in [0.25, 0.3) is 11.5 Å². The zero-order valence-electron chi connectivity index (χ0n) is 9.86. The number of aromatic amines is 2. The standard InChI is InChI=1S/C10H12N4O2S2/c1-3-18-10-13-7-5(8(16)14-10)4(6(11)15)9(12-7)17-2/h3H2,1-2H3,(H2,11,15)(H2,12,13,14,16). The predicted octanol–water partition coefficient (Wildman–Crippen LogP) is 1.18. The molecule has 0 radical (unpaired) electrons. The topological polar surface area (TPSA) is 105 Å². The lowest BCUT2D eigenvalue weighted by Crippen LogP contribution is -2.16. The summed E-state index contributed by atoms with van der Waals surface area (Å²) in [7, 11) is 0. The number of carbonyl (C=O) groups is 1. The monoisotopic (exact) mass is 284 g/mol. The first-order valence-electron chi connectivity index (χ1n) is 5.21. The Kier molecular flexibility index (Phi) is 3.67.